The second kappa shape index (κ2) is 4.21. The SMILES string of the molecule is COc1ccc2c3c1O[C@H]1[C@H](O)CC[C@@]4(O)C(C2)N(C)CC[C@]314. The van der Waals surface area contributed by atoms with Gasteiger partial charge in [-0.15, -0.1) is 0 Å². The number of benzene rings is 1. The van der Waals surface area contributed by atoms with Crippen LogP contribution in [0.2, 0.25) is 0 Å². The first kappa shape index (κ1) is 14.1. The molecular weight excluding hydrogens is 294 g/mol. The third-order valence-electron chi connectivity index (χ3n) is 6.90. The van der Waals surface area contributed by atoms with Crippen LogP contribution in [0.4, 0.5) is 0 Å². The van der Waals surface area contributed by atoms with E-state index in [0.29, 0.717) is 18.6 Å². The first-order valence-corrected chi connectivity index (χ1v) is 8.50. The van der Waals surface area contributed by atoms with Crippen molar-refractivity contribution in [2.75, 3.05) is 20.7 Å². The highest BCUT2D eigenvalue weighted by atomic mass is 16.5. The van der Waals surface area contributed by atoms with Crippen LogP contribution in [-0.4, -0.2) is 59.7 Å². The van der Waals surface area contributed by atoms with Crippen molar-refractivity contribution in [3.8, 4) is 11.5 Å². The van der Waals surface area contributed by atoms with Crippen molar-refractivity contribution >= 4 is 0 Å². The van der Waals surface area contributed by atoms with Crippen LogP contribution < -0.4 is 9.47 Å². The maximum absolute atomic E-state index is 11.8. The lowest BCUT2D eigenvalue weighted by Gasteiger charge is -2.63. The Labute approximate surface area is 135 Å². The van der Waals surface area contributed by atoms with Crippen LogP contribution in [0.5, 0.6) is 11.5 Å². The van der Waals surface area contributed by atoms with Crippen molar-refractivity contribution < 1.29 is 19.7 Å². The van der Waals surface area contributed by atoms with Crippen molar-refractivity contribution in [1.29, 1.82) is 0 Å². The number of nitrogens with zero attached hydrogens (tertiary/aromatic N) is 1. The zero-order valence-electron chi connectivity index (χ0n) is 13.6. The quantitative estimate of drug-likeness (QED) is 0.804. The van der Waals surface area contributed by atoms with E-state index in [-0.39, 0.29) is 12.1 Å². The highest BCUT2D eigenvalue weighted by molar-refractivity contribution is 5.62. The Bertz CT molecular complexity index is 692. The third kappa shape index (κ3) is 1.37. The average Bonchev–Trinajstić information content (AvgIpc) is 2.90. The molecular formula is C18H23NO4. The Hall–Kier alpha value is -1.30. The smallest absolute Gasteiger partial charge is 0.166 e. The molecule has 0 aromatic heterocycles. The van der Waals surface area contributed by atoms with Crippen molar-refractivity contribution in [3.05, 3.63) is 23.3 Å². The molecule has 2 heterocycles. The fourth-order valence-corrected chi connectivity index (χ4v) is 5.88. The minimum absolute atomic E-state index is 0.0849. The Morgan fingerprint density at radius 3 is 2.96 bits per heavy atom. The second-order valence-electron chi connectivity index (χ2n) is 7.62. The molecule has 23 heavy (non-hydrogen) atoms. The molecule has 2 bridgehead atoms. The van der Waals surface area contributed by atoms with Gasteiger partial charge in [-0.1, -0.05) is 6.07 Å². The summed E-state index contributed by atoms with van der Waals surface area (Å²) in [6.45, 7) is 0.912. The van der Waals surface area contributed by atoms with E-state index in [1.807, 2.05) is 6.07 Å². The van der Waals surface area contributed by atoms with Crippen molar-refractivity contribution in [1.82, 2.24) is 4.90 Å². The molecule has 1 aromatic rings. The minimum atomic E-state index is -0.839. The molecule has 1 spiro atoms. The number of likely N-dealkylation sites (N-methyl/N-ethyl adjacent to an activating group) is 1. The van der Waals surface area contributed by atoms with Gasteiger partial charge in [0.1, 0.15) is 6.10 Å². The highest BCUT2D eigenvalue weighted by Gasteiger charge is 2.72. The molecule has 1 aromatic carbocycles. The standard InChI is InChI=1S/C18H23NO4/c1-19-8-7-17-14-10-3-4-12(22-2)15(14)23-16(17)11(20)5-6-18(17,21)13(19)9-10/h3-4,11,13,16,20-21H,5-9H2,1-2H3/t11-,13?,16+,17+,18-/m1/s1. The summed E-state index contributed by atoms with van der Waals surface area (Å²) in [5.41, 5.74) is 0.999. The predicted molar refractivity (Wildman–Crippen MR) is 84.0 cm³/mol. The molecule has 1 saturated carbocycles. The van der Waals surface area contributed by atoms with Gasteiger partial charge in [0.25, 0.3) is 0 Å². The summed E-state index contributed by atoms with van der Waals surface area (Å²) in [5, 5.41) is 22.4. The summed E-state index contributed by atoms with van der Waals surface area (Å²) < 4.78 is 11.8. The van der Waals surface area contributed by atoms with Gasteiger partial charge in [0, 0.05) is 11.6 Å². The summed E-state index contributed by atoms with van der Waals surface area (Å²) >= 11 is 0. The van der Waals surface area contributed by atoms with Crippen LogP contribution in [0.1, 0.15) is 30.4 Å². The predicted octanol–water partition coefficient (Wildman–Crippen LogP) is 0.840. The molecule has 5 nitrogen and oxygen atoms in total. The Morgan fingerprint density at radius 2 is 2.17 bits per heavy atom. The van der Waals surface area contributed by atoms with Gasteiger partial charge in [-0.2, -0.15) is 0 Å². The Balaban J connectivity index is 1.84. The van der Waals surface area contributed by atoms with Gasteiger partial charge in [-0.3, -0.25) is 0 Å². The van der Waals surface area contributed by atoms with Gasteiger partial charge in [-0.25, -0.2) is 0 Å². The molecule has 1 saturated heterocycles. The molecule has 5 atom stereocenters. The zero-order chi connectivity index (χ0) is 16.0. The maximum Gasteiger partial charge on any atom is 0.166 e. The largest absolute Gasteiger partial charge is 0.493 e. The van der Waals surface area contributed by atoms with Crippen LogP contribution in [-0.2, 0) is 11.8 Å². The number of hydrogen-bond donors (Lipinski definition) is 2. The monoisotopic (exact) mass is 317 g/mol. The van der Waals surface area contributed by atoms with Crippen LogP contribution >= 0.6 is 0 Å². The first-order chi connectivity index (χ1) is 11.0. The lowest BCUT2D eigenvalue weighted by molar-refractivity contribution is -0.204. The molecule has 0 radical (unpaired) electrons. The zero-order valence-corrected chi connectivity index (χ0v) is 13.6. The van der Waals surface area contributed by atoms with E-state index in [9.17, 15) is 10.2 Å². The third-order valence-corrected chi connectivity index (χ3v) is 6.90. The van der Waals surface area contributed by atoms with Crippen molar-refractivity contribution in [2.24, 2.45) is 0 Å². The van der Waals surface area contributed by atoms with Gasteiger partial charge in [0.2, 0.25) is 0 Å². The second-order valence-corrected chi connectivity index (χ2v) is 7.62. The summed E-state index contributed by atoms with van der Waals surface area (Å²) in [4.78, 5) is 2.28. The number of piperidine rings is 1. The number of rotatable bonds is 1. The first-order valence-electron chi connectivity index (χ1n) is 8.50. The summed E-state index contributed by atoms with van der Waals surface area (Å²) in [5.74, 6) is 1.46. The van der Waals surface area contributed by atoms with E-state index in [1.54, 1.807) is 7.11 Å². The van der Waals surface area contributed by atoms with Gasteiger partial charge in [0.05, 0.1) is 24.2 Å². The number of methoxy groups -OCH3 is 1. The number of likely N-dealkylation sites (tertiary alicyclic amines) is 1. The molecule has 2 aliphatic carbocycles. The molecule has 5 rings (SSSR count). The van der Waals surface area contributed by atoms with Gasteiger partial charge < -0.3 is 24.6 Å². The maximum atomic E-state index is 11.8. The van der Waals surface area contributed by atoms with Crippen LogP contribution in [0.3, 0.4) is 0 Å². The Kier molecular flexibility index (Phi) is 2.57. The highest BCUT2D eigenvalue weighted by Crippen LogP contribution is 2.65. The summed E-state index contributed by atoms with van der Waals surface area (Å²) in [7, 11) is 3.74. The van der Waals surface area contributed by atoms with Crippen molar-refractivity contribution in [2.45, 2.75) is 54.9 Å². The van der Waals surface area contributed by atoms with Gasteiger partial charge >= 0.3 is 0 Å². The van der Waals surface area contributed by atoms with Gasteiger partial charge in [-0.05, 0) is 50.9 Å². The van der Waals surface area contributed by atoms with Gasteiger partial charge in [0.15, 0.2) is 11.5 Å². The van der Waals surface area contributed by atoms with Crippen LogP contribution in [0.25, 0.3) is 0 Å². The van der Waals surface area contributed by atoms with E-state index in [1.165, 1.54) is 5.56 Å². The Morgan fingerprint density at radius 1 is 1.35 bits per heavy atom. The van der Waals surface area contributed by atoms with Crippen molar-refractivity contribution in [3.63, 3.8) is 0 Å². The number of hydrogen-bond acceptors (Lipinski definition) is 5. The van der Waals surface area contributed by atoms with E-state index < -0.39 is 17.1 Å². The minimum Gasteiger partial charge on any atom is -0.493 e. The molecule has 0 amide bonds. The van der Waals surface area contributed by atoms with Crippen LogP contribution in [0, 0.1) is 0 Å². The summed E-state index contributed by atoms with van der Waals surface area (Å²) in [6.07, 6.45) is 1.93. The van der Waals surface area contributed by atoms with E-state index >= 15 is 0 Å². The topological polar surface area (TPSA) is 62.2 Å². The number of aliphatic hydroxyl groups is 2. The normalized spacial score (nSPS) is 43.7. The molecule has 4 aliphatic rings. The van der Waals surface area contributed by atoms with E-state index in [4.69, 9.17) is 9.47 Å². The lowest BCUT2D eigenvalue weighted by atomic mass is 9.49. The number of ether oxygens (including phenoxy) is 2. The lowest BCUT2D eigenvalue weighted by Crippen LogP contribution is -2.76. The molecule has 5 heteroatoms. The van der Waals surface area contributed by atoms with E-state index in [2.05, 4.69) is 18.0 Å². The molecule has 2 N–H and O–H groups in total. The number of aliphatic hydroxyl groups excluding tert-OH is 1. The summed E-state index contributed by atoms with van der Waals surface area (Å²) in [6, 6.07) is 4.15. The fourth-order valence-electron chi connectivity index (χ4n) is 5.88. The average molecular weight is 317 g/mol. The molecule has 2 aliphatic heterocycles. The molecule has 124 valence electrons. The van der Waals surface area contributed by atoms with E-state index in [0.717, 1.165) is 30.7 Å². The van der Waals surface area contributed by atoms with Crippen LogP contribution in [0.15, 0.2) is 12.1 Å². The molecule has 2 fully saturated rings. The fraction of sp³-hybridized carbons (Fsp3) is 0.667. The molecule has 1 unspecified atom stereocenters.